The molecular formula is C39H44N10O2. The van der Waals surface area contributed by atoms with E-state index in [4.69, 9.17) is 10.1 Å². The van der Waals surface area contributed by atoms with Gasteiger partial charge in [-0.15, -0.1) is 0 Å². The summed E-state index contributed by atoms with van der Waals surface area (Å²) in [7, 11) is 1.90. The van der Waals surface area contributed by atoms with Crippen LogP contribution in [0.3, 0.4) is 0 Å². The lowest BCUT2D eigenvalue weighted by Crippen LogP contribution is -2.44. The number of benzene rings is 3. The molecule has 5 aromatic rings. The first-order valence-corrected chi connectivity index (χ1v) is 17.8. The van der Waals surface area contributed by atoms with Gasteiger partial charge in [-0.3, -0.25) is 14.5 Å². The summed E-state index contributed by atoms with van der Waals surface area (Å²) in [5.74, 6) is 1.93. The van der Waals surface area contributed by atoms with Crippen molar-refractivity contribution in [3.63, 3.8) is 0 Å². The fourth-order valence-electron chi connectivity index (χ4n) is 7.66. The number of hydrogen-bond acceptors (Lipinski definition) is 9. The fourth-order valence-corrected chi connectivity index (χ4v) is 7.66. The Hall–Kier alpha value is -5.49. The van der Waals surface area contributed by atoms with Gasteiger partial charge in [0.05, 0.1) is 11.9 Å². The van der Waals surface area contributed by atoms with Crippen LogP contribution in [0, 0.1) is 19.8 Å². The van der Waals surface area contributed by atoms with E-state index in [0.717, 1.165) is 103 Å². The molecule has 3 aromatic carbocycles. The second-order valence-electron chi connectivity index (χ2n) is 14.1. The summed E-state index contributed by atoms with van der Waals surface area (Å²) in [6, 6.07) is 18.5. The number of rotatable bonds is 9. The molecule has 2 amide bonds. The minimum absolute atomic E-state index is 0.0342. The van der Waals surface area contributed by atoms with Crippen molar-refractivity contribution in [3.05, 3.63) is 94.2 Å². The Bertz CT molecular complexity index is 2110. The monoisotopic (exact) mass is 684 g/mol. The number of nitrogens with one attached hydrogen (secondary N) is 4. The van der Waals surface area contributed by atoms with Gasteiger partial charge < -0.3 is 26.2 Å². The predicted molar refractivity (Wildman–Crippen MR) is 200 cm³/mol. The summed E-state index contributed by atoms with van der Waals surface area (Å²) in [5, 5.41) is 18.6. The highest BCUT2D eigenvalue weighted by Crippen LogP contribution is 2.30. The number of carbonyl (C=O) groups excluding carboxylic acids is 2. The Morgan fingerprint density at radius 3 is 2.55 bits per heavy atom. The average molecular weight is 685 g/mol. The molecule has 0 radical (unpaired) electrons. The van der Waals surface area contributed by atoms with Crippen LogP contribution in [0.2, 0.25) is 0 Å². The zero-order valence-corrected chi connectivity index (χ0v) is 29.4. The largest absolute Gasteiger partial charge is 0.376 e. The molecular weight excluding hydrogens is 640 g/mol. The van der Waals surface area contributed by atoms with Crippen LogP contribution in [0.1, 0.15) is 51.0 Å². The van der Waals surface area contributed by atoms with E-state index in [0.29, 0.717) is 24.0 Å². The number of likely N-dealkylation sites (tertiary alicyclic amines) is 1. The molecule has 3 aliphatic heterocycles. The smallest absolute Gasteiger partial charge is 0.251 e. The van der Waals surface area contributed by atoms with E-state index >= 15 is 0 Å². The van der Waals surface area contributed by atoms with Crippen molar-refractivity contribution in [2.45, 2.75) is 46.2 Å². The number of carbonyl (C=O) groups is 2. The number of nitrogens with zero attached hydrogens (tertiary/aromatic N) is 6. The summed E-state index contributed by atoms with van der Waals surface area (Å²) in [4.78, 5) is 38.8. The van der Waals surface area contributed by atoms with E-state index in [1.54, 1.807) is 4.68 Å². The molecule has 1 saturated heterocycles. The predicted octanol–water partition coefficient (Wildman–Crippen LogP) is 5.42. The van der Waals surface area contributed by atoms with E-state index in [-0.39, 0.29) is 18.4 Å². The van der Waals surface area contributed by atoms with Crippen molar-refractivity contribution in [1.29, 1.82) is 0 Å². The van der Waals surface area contributed by atoms with Crippen LogP contribution in [0.5, 0.6) is 0 Å². The standard InChI is InChI=1S/C39H44N10O2/c1-24-5-4-6-25(2)35(24)44-36-33-20-42-39(45-37(33)47(3)46-36)43-31-8-7-27-13-14-48(23-29(27)18-31)22-26-11-15-49(16-12-26)34(50)21-40-30-9-10-32-28(17-30)19-41-38(32)51/h4-10,17-18,20,26,40H,11-16,19,21-23H2,1-3H3,(H,41,51)(H,44,46)(H,42,43,45). The van der Waals surface area contributed by atoms with E-state index in [1.807, 2.05) is 36.3 Å². The minimum atomic E-state index is -0.0342. The second-order valence-corrected chi connectivity index (χ2v) is 14.1. The van der Waals surface area contributed by atoms with Gasteiger partial charge in [0.15, 0.2) is 11.5 Å². The lowest BCUT2D eigenvalue weighted by Gasteiger charge is -2.36. The first-order chi connectivity index (χ1) is 24.8. The van der Waals surface area contributed by atoms with Crippen molar-refractivity contribution in [3.8, 4) is 0 Å². The van der Waals surface area contributed by atoms with Crippen LogP contribution in [-0.4, -0.2) is 74.1 Å². The lowest BCUT2D eigenvalue weighted by molar-refractivity contribution is -0.130. The summed E-state index contributed by atoms with van der Waals surface area (Å²) in [5.41, 5.74) is 10.4. The molecule has 2 aromatic heterocycles. The Morgan fingerprint density at radius 2 is 1.73 bits per heavy atom. The van der Waals surface area contributed by atoms with Crippen LogP contribution in [-0.2, 0) is 31.4 Å². The Morgan fingerprint density at radius 1 is 0.941 bits per heavy atom. The first kappa shape index (κ1) is 32.7. The van der Waals surface area contributed by atoms with E-state index < -0.39 is 0 Å². The highest BCUT2D eigenvalue weighted by Gasteiger charge is 2.26. The number of piperidine rings is 1. The van der Waals surface area contributed by atoms with Crippen molar-refractivity contribution in [1.82, 2.24) is 34.9 Å². The molecule has 4 N–H and O–H groups in total. The highest BCUT2D eigenvalue weighted by molar-refractivity contribution is 5.98. The molecule has 0 atom stereocenters. The Labute approximate surface area is 297 Å². The third-order valence-electron chi connectivity index (χ3n) is 10.6. The zero-order valence-electron chi connectivity index (χ0n) is 29.4. The molecule has 0 unspecified atom stereocenters. The number of anilines is 5. The fraction of sp³-hybridized carbons (Fsp3) is 0.359. The second kappa shape index (κ2) is 13.7. The first-order valence-electron chi connectivity index (χ1n) is 17.8. The zero-order chi connectivity index (χ0) is 35.1. The topological polar surface area (TPSA) is 132 Å². The molecule has 0 aliphatic carbocycles. The summed E-state index contributed by atoms with van der Waals surface area (Å²) >= 11 is 0. The lowest BCUT2D eigenvalue weighted by atomic mass is 9.93. The van der Waals surface area contributed by atoms with Gasteiger partial charge in [-0.25, -0.2) is 9.67 Å². The maximum absolute atomic E-state index is 13.0. The molecule has 0 bridgehead atoms. The number of amides is 2. The molecule has 5 heterocycles. The highest BCUT2D eigenvalue weighted by atomic mass is 16.2. The normalized spacial score (nSPS) is 16.1. The number of aromatic nitrogens is 4. The minimum Gasteiger partial charge on any atom is -0.376 e. The van der Waals surface area contributed by atoms with Crippen molar-refractivity contribution >= 4 is 51.7 Å². The summed E-state index contributed by atoms with van der Waals surface area (Å²) in [6.07, 6.45) is 4.89. The maximum atomic E-state index is 13.0. The van der Waals surface area contributed by atoms with Gasteiger partial charge in [0.25, 0.3) is 5.91 Å². The van der Waals surface area contributed by atoms with Crippen LogP contribution in [0.15, 0.2) is 60.8 Å². The van der Waals surface area contributed by atoms with Crippen molar-refractivity contribution in [2.75, 3.05) is 48.7 Å². The van der Waals surface area contributed by atoms with Gasteiger partial charge in [-0.05, 0) is 97.2 Å². The number of fused-ring (bicyclic) bond motifs is 3. The van der Waals surface area contributed by atoms with Crippen molar-refractivity contribution in [2.24, 2.45) is 13.0 Å². The number of hydrogen-bond donors (Lipinski definition) is 4. The quantitative estimate of drug-likeness (QED) is 0.161. The van der Waals surface area contributed by atoms with Gasteiger partial charge in [-0.2, -0.15) is 10.1 Å². The van der Waals surface area contributed by atoms with Gasteiger partial charge in [-0.1, -0.05) is 24.3 Å². The molecule has 3 aliphatic rings. The molecule has 1 fully saturated rings. The summed E-state index contributed by atoms with van der Waals surface area (Å²) < 4.78 is 1.79. The van der Waals surface area contributed by atoms with Crippen LogP contribution >= 0.6 is 0 Å². The van der Waals surface area contributed by atoms with Crippen LogP contribution in [0.4, 0.5) is 28.8 Å². The van der Waals surface area contributed by atoms with E-state index in [1.165, 1.54) is 11.1 Å². The molecule has 12 nitrogen and oxygen atoms in total. The molecule has 8 rings (SSSR count). The van der Waals surface area contributed by atoms with Gasteiger partial charge in [0.1, 0.15) is 0 Å². The third-order valence-corrected chi connectivity index (χ3v) is 10.6. The number of aryl methyl sites for hydroxylation is 3. The summed E-state index contributed by atoms with van der Waals surface area (Å²) in [6.45, 7) is 9.55. The molecule has 12 heteroatoms. The molecule has 51 heavy (non-hydrogen) atoms. The van der Waals surface area contributed by atoms with Gasteiger partial charge >= 0.3 is 0 Å². The third kappa shape index (κ3) is 6.83. The molecule has 262 valence electrons. The number of para-hydroxylation sites is 1. The van der Waals surface area contributed by atoms with Gasteiger partial charge in [0.2, 0.25) is 11.9 Å². The SMILES string of the molecule is Cc1cccc(C)c1Nc1nn(C)c2nc(Nc3ccc4c(c3)CN(CC3CCN(C(=O)CNc5ccc6c(c5)CNC6=O)CC3)CC4)ncc12. The van der Waals surface area contributed by atoms with E-state index in [2.05, 4.69) is 81.4 Å². The van der Waals surface area contributed by atoms with Gasteiger partial charge in [0, 0.05) is 75.1 Å². The maximum Gasteiger partial charge on any atom is 0.251 e. The Balaban J connectivity index is 0.844. The van der Waals surface area contributed by atoms with Crippen LogP contribution in [0.25, 0.3) is 11.0 Å². The van der Waals surface area contributed by atoms with Crippen LogP contribution < -0.4 is 21.3 Å². The van der Waals surface area contributed by atoms with E-state index in [9.17, 15) is 9.59 Å². The molecule has 0 spiro atoms. The van der Waals surface area contributed by atoms with Crippen molar-refractivity contribution < 1.29 is 9.59 Å². The molecule has 0 saturated carbocycles. The Kier molecular flexibility index (Phi) is 8.77. The average Bonchev–Trinajstić information content (AvgIpc) is 3.66.